The van der Waals surface area contributed by atoms with Crippen molar-refractivity contribution in [3.8, 4) is 11.3 Å². The molecule has 3 rings (SSSR count). The molecule has 2 heterocycles. The van der Waals surface area contributed by atoms with Crippen molar-refractivity contribution in [3.63, 3.8) is 0 Å². The summed E-state index contributed by atoms with van der Waals surface area (Å²) >= 11 is 0. The highest BCUT2D eigenvalue weighted by Gasteiger charge is 2.19. The Morgan fingerprint density at radius 2 is 2.00 bits per heavy atom. The Kier molecular flexibility index (Phi) is 3.68. The van der Waals surface area contributed by atoms with Gasteiger partial charge in [-0.25, -0.2) is 4.39 Å². The van der Waals surface area contributed by atoms with Crippen molar-refractivity contribution in [1.82, 2.24) is 15.1 Å². The summed E-state index contributed by atoms with van der Waals surface area (Å²) in [6.07, 6.45) is 0.982. The molecule has 96 valence electrons. The lowest BCUT2D eigenvalue weighted by molar-refractivity contribution is 0.625. The van der Waals surface area contributed by atoms with Crippen LogP contribution in [-0.2, 0) is 20.0 Å². The van der Waals surface area contributed by atoms with Crippen LogP contribution in [0, 0.1) is 5.82 Å². The van der Waals surface area contributed by atoms with Crippen molar-refractivity contribution < 1.29 is 4.39 Å². The van der Waals surface area contributed by atoms with Gasteiger partial charge >= 0.3 is 0 Å². The number of aromatic nitrogens is 2. The van der Waals surface area contributed by atoms with Gasteiger partial charge in [-0.1, -0.05) is 0 Å². The second-order valence-corrected chi connectivity index (χ2v) is 4.33. The molecule has 0 unspecified atom stereocenters. The number of hydrogen-bond acceptors (Lipinski definition) is 2. The van der Waals surface area contributed by atoms with Crippen molar-refractivity contribution >= 4 is 12.4 Å². The van der Waals surface area contributed by atoms with Crippen molar-refractivity contribution in [1.29, 1.82) is 0 Å². The zero-order valence-corrected chi connectivity index (χ0v) is 10.9. The minimum Gasteiger partial charge on any atom is -0.311 e. The van der Waals surface area contributed by atoms with E-state index < -0.39 is 0 Å². The number of benzene rings is 1. The van der Waals surface area contributed by atoms with E-state index in [0.29, 0.717) is 0 Å². The van der Waals surface area contributed by atoms with Gasteiger partial charge in [-0.05, 0) is 37.2 Å². The molecule has 1 aromatic carbocycles. The number of halogens is 2. The Bertz CT molecular complexity index is 548. The molecule has 1 aliphatic rings. The summed E-state index contributed by atoms with van der Waals surface area (Å²) in [4.78, 5) is 0. The first-order chi connectivity index (χ1) is 8.25. The lowest BCUT2D eigenvalue weighted by Crippen LogP contribution is -2.23. The van der Waals surface area contributed by atoms with E-state index >= 15 is 0 Å². The molecule has 18 heavy (non-hydrogen) atoms. The Morgan fingerprint density at radius 3 is 2.72 bits per heavy atom. The Hall–Kier alpha value is -1.39. The standard InChI is InChI=1S/C13H14FN3.ClH/c1-17-13(9-2-4-10(14)5-3-9)11-6-7-15-8-12(11)16-17;/h2-5,15H,6-8H2,1H3;1H. The topological polar surface area (TPSA) is 29.9 Å². The third-order valence-electron chi connectivity index (χ3n) is 3.19. The normalized spacial score (nSPS) is 13.9. The van der Waals surface area contributed by atoms with Gasteiger partial charge in [0.05, 0.1) is 11.4 Å². The van der Waals surface area contributed by atoms with Crippen LogP contribution >= 0.6 is 12.4 Å². The molecule has 2 aromatic rings. The van der Waals surface area contributed by atoms with Crippen molar-refractivity contribution in [2.24, 2.45) is 7.05 Å². The molecule has 0 bridgehead atoms. The van der Waals surface area contributed by atoms with Gasteiger partial charge in [0.2, 0.25) is 0 Å². The van der Waals surface area contributed by atoms with Gasteiger partial charge < -0.3 is 5.32 Å². The molecule has 0 amide bonds. The Morgan fingerprint density at radius 1 is 1.28 bits per heavy atom. The lowest BCUT2D eigenvalue weighted by atomic mass is 10.0. The highest BCUT2D eigenvalue weighted by Crippen LogP contribution is 2.27. The van der Waals surface area contributed by atoms with E-state index in [4.69, 9.17) is 0 Å². The zero-order valence-electron chi connectivity index (χ0n) is 10.1. The first kappa shape index (κ1) is 13.1. The van der Waals surface area contributed by atoms with Crippen LogP contribution in [0.15, 0.2) is 24.3 Å². The molecule has 0 saturated heterocycles. The van der Waals surface area contributed by atoms with E-state index in [2.05, 4.69) is 10.4 Å². The first-order valence-electron chi connectivity index (χ1n) is 5.77. The fourth-order valence-corrected chi connectivity index (χ4v) is 2.42. The van der Waals surface area contributed by atoms with Gasteiger partial charge in [0.15, 0.2) is 0 Å². The molecule has 0 radical (unpaired) electrons. The van der Waals surface area contributed by atoms with Gasteiger partial charge in [-0.3, -0.25) is 4.68 Å². The molecule has 3 nitrogen and oxygen atoms in total. The van der Waals surface area contributed by atoms with Gasteiger partial charge in [-0.2, -0.15) is 5.10 Å². The molecule has 1 aromatic heterocycles. The summed E-state index contributed by atoms with van der Waals surface area (Å²) in [6, 6.07) is 6.62. The van der Waals surface area contributed by atoms with E-state index in [1.54, 1.807) is 0 Å². The van der Waals surface area contributed by atoms with Crippen LogP contribution in [-0.4, -0.2) is 16.3 Å². The van der Waals surface area contributed by atoms with Gasteiger partial charge in [0.1, 0.15) is 5.82 Å². The monoisotopic (exact) mass is 267 g/mol. The van der Waals surface area contributed by atoms with Gasteiger partial charge in [0.25, 0.3) is 0 Å². The summed E-state index contributed by atoms with van der Waals surface area (Å²) < 4.78 is 14.8. The third-order valence-corrected chi connectivity index (χ3v) is 3.19. The quantitative estimate of drug-likeness (QED) is 0.859. The Labute approximate surface area is 111 Å². The summed E-state index contributed by atoms with van der Waals surface area (Å²) in [5.74, 6) is -0.202. The predicted molar refractivity (Wildman–Crippen MR) is 71.3 cm³/mol. The fraction of sp³-hybridized carbons (Fsp3) is 0.308. The average molecular weight is 268 g/mol. The van der Waals surface area contributed by atoms with Crippen LogP contribution < -0.4 is 5.32 Å². The molecule has 0 fully saturated rings. The van der Waals surface area contributed by atoms with Gasteiger partial charge in [0, 0.05) is 24.7 Å². The smallest absolute Gasteiger partial charge is 0.123 e. The van der Waals surface area contributed by atoms with Crippen LogP contribution in [0.1, 0.15) is 11.3 Å². The highest BCUT2D eigenvalue weighted by molar-refractivity contribution is 5.85. The van der Waals surface area contributed by atoms with E-state index in [1.165, 1.54) is 17.7 Å². The van der Waals surface area contributed by atoms with E-state index in [-0.39, 0.29) is 18.2 Å². The number of aryl methyl sites for hydroxylation is 1. The average Bonchev–Trinajstić information content (AvgIpc) is 2.66. The number of fused-ring (bicyclic) bond motifs is 1. The highest BCUT2D eigenvalue weighted by atomic mass is 35.5. The number of hydrogen-bond donors (Lipinski definition) is 1. The maximum absolute atomic E-state index is 12.9. The largest absolute Gasteiger partial charge is 0.311 e. The zero-order chi connectivity index (χ0) is 11.8. The molecule has 0 aliphatic carbocycles. The molecular weight excluding hydrogens is 253 g/mol. The van der Waals surface area contributed by atoms with Crippen molar-refractivity contribution in [2.45, 2.75) is 13.0 Å². The van der Waals surface area contributed by atoms with Crippen LogP contribution in [0.25, 0.3) is 11.3 Å². The van der Waals surface area contributed by atoms with Gasteiger partial charge in [-0.15, -0.1) is 12.4 Å². The van der Waals surface area contributed by atoms with E-state index in [9.17, 15) is 4.39 Å². The minimum absolute atomic E-state index is 0. The summed E-state index contributed by atoms with van der Waals surface area (Å²) in [5.41, 5.74) is 4.54. The molecule has 5 heteroatoms. The summed E-state index contributed by atoms with van der Waals surface area (Å²) in [7, 11) is 1.94. The maximum Gasteiger partial charge on any atom is 0.123 e. The molecule has 0 atom stereocenters. The molecular formula is C13H15ClFN3. The maximum atomic E-state index is 12.9. The predicted octanol–water partition coefficient (Wildman–Crippen LogP) is 2.29. The van der Waals surface area contributed by atoms with Crippen molar-refractivity contribution in [3.05, 3.63) is 41.3 Å². The first-order valence-corrected chi connectivity index (χ1v) is 5.77. The SMILES string of the molecule is Cl.Cn1nc2c(c1-c1ccc(F)cc1)CCNC2. The third kappa shape index (κ3) is 2.13. The Balaban J connectivity index is 0.00000120. The minimum atomic E-state index is -0.202. The second kappa shape index (κ2) is 5.08. The van der Waals surface area contributed by atoms with Crippen LogP contribution in [0.4, 0.5) is 4.39 Å². The second-order valence-electron chi connectivity index (χ2n) is 4.33. The summed E-state index contributed by atoms with van der Waals surface area (Å²) in [6.45, 7) is 1.80. The summed E-state index contributed by atoms with van der Waals surface area (Å²) in [5, 5.41) is 7.82. The molecule has 0 saturated carbocycles. The van der Waals surface area contributed by atoms with E-state index in [1.807, 2.05) is 23.9 Å². The fourth-order valence-electron chi connectivity index (χ4n) is 2.42. The van der Waals surface area contributed by atoms with Crippen LogP contribution in [0.3, 0.4) is 0 Å². The molecule has 1 aliphatic heterocycles. The molecule has 1 N–H and O–H groups in total. The van der Waals surface area contributed by atoms with Crippen molar-refractivity contribution in [2.75, 3.05) is 6.54 Å². The molecule has 0 spiro atoms. The van der Waals surface area contributed by atoms with E-state index in [0.717, 1.165) is 36.5 Å². The van der Waals surface area contributed by atoms with Crippen LogP contribution in [0.5, 0.6) is 0 Å². The number of rotatable bonds is 1. The lowest BCUT2D eigenvalue weighted by Gasteiger charge is -2.12. The number of nitrogens with one attached hydrogen (secondary N) is 1. The van der Waals surface area contributed by atoms with Crippen LogP contribution in [0.2, 0.25) is 0 Å². The number of nitrogens with zero attached hydrogens (tertiary/aromatic N) is 2.